The summed E-state index contributed by atoms with van der Waals surface area (Å²) in [6.07, 6.45) is 3.11. The van der Waals surface area contributed by atoms with E-state index < -0.39 is 0 Å². The van der Waals surface area contributed by atoms with Crippen molar-refractivity contribution >= 4 is 0 Å². The van der Waals surface area contributed by atoms with Crippen LogP contribution in [0.5, 0.6) is 0 Å². The van der Waals surface area contributed by atoms with Crippen molar-refractivity contribution < 1.29 is 4.74 Å². The molecule has 3 nitrogen and oxygen atoms in total. The zero-order valence-electron chi connectivity index (χ0n) is 9.41. The molecule has 2 heterocycles. The Labute approximate surface area is 87.0 Å². The first-order valence-corrected chi connectivity index (χ1v) is 5.83. The Hall–Kier alpha value is -0.120. The molecule has 14 heavy (non-hydrogen) atoms. The molecule has 1 unspecified atom stereocenters. The third kappa shape index (κ3) is 2.69. The van der Waals surface area contributed by atoms with Crippen molar-refractivity contribution in [3.63, 3.8) is 0 Å². The molecule has 2 rings (SSSR count). The van der Waals surface area contributed by atoms with E-state index >= 15 is 0 Å². The molecule has 2 fully saturated rings. The number of likely N-dealkylation sites (N-methyl/N-ethyl adjacent to an activating group) is 1. The van der Waals surface area contributed by atoms with Crippen LogP contribution in [0.2, 0.25) is 0 Å². The fraction of sp³-hybridized carbons (Fsp3) is 1.00. The lowest BCUT2D eigenvalue weighted by Crippen LogP contribution is -2.41. The fourth-order valence-corrected chi connectivity index (χ4v) is 2.36. The van der Waals surface area contributed by atoms with Crippen LogP contribution >= 0.6 is 0 Å². The molecule has 0 aromatic carbocycles. The van der Waals surface area contributed by atoms with Gasteiger partial charge in [-0.3, -0.25) is 4.90 Å². The lowest BCUT2D eigenvalue weighted by Gasteiger charge is -2.29. The summed E-state index contributed by atoms with van der Waals surface area (Å²) in [6, 6.07) is 0.742. The van der Waals surface area contributed by atoms with Crippen molar-refractivity contribution in [3.8, 4) is 0 Å². The van der Waals surface area contributed by atoms with Crippen molar-refractivity contribution in [2.45, 2.75) is 31.9 Å². The summed E-state index contributed by atoms with van der Waals surface area (Å²) in [7, 11) is 2.24. The van der Waals surface area contributed by atoms with Crippen LogP contribution in [0.15, 0.2) is 0 Å². The predicted molar refractivity (Wildman–Crippen MR) is 57.5 cm³/mol. The van der Waals surface area contributed by atoms with Crippen LogP contribution in [0, 0.1) is 0 Å². The minimum atomic E-state index is 0.549. The van der Waals surface area contributed by atoms with E-state index in [2.05, 4.69) is 23.8 Å². The van der Waals surface area contributed by atoms with Crippen molar-refractivity contribution in [1.82, 2.24) is 9.80 Å². The van der Waals surface area contributed by atoms with Crippen LogP contribution in [0.4, 0.5) is 0 Å². The minimum Gasteiger partial charge on any atom is -0.372 e. The Balaban J connectivity index is 1.89. The average Bonchev–Trinajstić information content (AvgIpc) is 2.96. The van der Waals surface area contributed by atoms with E-state index in [1.165, 1.54) is 32.5 Å². The van der Waals surface area contributed by atoms with Gasteiger partial charge in [-0.25, -0.2) is 0 Å². The molecule has 2 aliphatic heterocycles. The first kappa shape index (κ1) is 10.4. The van der Waals surface area contributed by atoms with Crippen molar-refractivity contribution in [2.24, 2.45) is 0 Å². The van der Waals surface area contributed by atoms with Crippen LogP contribution in [0.25, 0.3) is 0 Å². The molecule has 0 radical (unpaired) electrons. The number of nitrogens with zero attached hydrogens (tertiary/aromatic N) is 2. The number of hydrogen-bond acceptors (Lipinski definition) is 3. The second-order valence-electron chi connectivity index (χ2n) is 4.63. The molecule has 2 atom stereocenters. The zero-order chi connectivity index (χ0) is 9.97. The molecule has 0 aromatic heterocycles. The topological polar surface area (TPSA) is 19.0 Å². The summed E-state index contributed by atoms with van der Waals surface area (Å²) in [4.78, 5) is 5.09. The maximum absolute atomic E-state index is 5.32. The standard InChI is InChI=1S/C11H22N2O/c1-3-10-7-12(2)5-4-6-13(10)8-11-9-14-11/h10-11H,3-9H2,1-2H3/t10?,11-/m1/s1. The molecule has 2 saturated heterocycles. The molecule has 0 aliphatic carbocycles. The van der Waals surface area contributed by atoms with Crippen LogP contribution < -0.4 is 0 Å². The van der Waals surface area contributed by atoms with E-state index in [1.807, 2.05) is 0 Å². The van der Waals surface area contributed by atoms with Crippen molar-refractivity contribution in [3.05, 3.63) is 0 Å². The number of rotatable bonds is 3. The third-order valence-electron chi connectivity index (χ3n) is 3.34. The Kier molecular flexibility index (Phi) is 3.42. The van der Waals surface area contributed by atoms with Gasteiger partial charge >= 0.3 is 0 Å². The Morgan fingerprint density at radius 1 is 1.36 bits per heavy atom. The van der Waals surface area contributed by atoms with E-state index in [4.69, 9.17) is 4.74 Å². The smallest absolute Gasteiger partial charge is 0.0936 e. The van der Waals surface area contributed by atoms with Gasteiger partial charge in [0.2, 0.25) is 0 Å². The van der Waals surface area contributed by atoms with Gasteiger partial charge in [-0.15, -0.1) is 0 Å². The predicted octanol–water partition coefficient (Wildman–Crippen LogP) is 0.801. The molecule has 2 aliphatic rings. The molecule has 0 aromatic rings. The quantitative estimate of drug-likeness (QED) is 0.625. The second kappa shape index (κ2) is 4.60. The summed E-state index contributed by atoms with van der Waals surface area (Å²) < 4.78 is 5.32. The van der Waals surface area contributed by atoms with Crippen LogP contribution in [-0.4, -0.2) is 61.8 Å². The van der Waals surface area contributed by atoms with Crippen LogP contribution in [0.1, 0.15) is 19.8 Å². The second-order valence-corrected chi connectivity index (χ2v) is 4.63. The first-order chi connectivity index (χ1) is 6.79. The van der Waals surface area contributed by atoms with Crippen LogP contribution in [0.3, 0.4) is 0 Å². The van der Waals surface area contributed by atoms with Gasteiger partial charge in [0.1, 0.15) is 0 Å². The Morgan fingerprint density at radius 2 is 2.14 bits per heavy atom. The van der Waals surface area contributed by atoms with E-state index in [9.17, 15) is 0 Å². The van der Waals surface area contributed by atoms with Crippen molar-refractivity contribution in [2.75, 3.05) is 39.8 Å². The van der Waals surface area contributed by atoms with Gasteiger partial charge in [-0.1, -0.05) is 6.92 Å². The van der Waals surface area contributed by atoms with Gasteiger partial charge in [0.25, 0.3) is 0 Å². The summed E-state index contributed by atoms with van der Waals surface area (Å²) in [5.74, 6) is 0. The summed E-state index contributed by atoms with van der Waals surface area (Å²) in [5.41, 5.74) is 0. The first-order valence-electron chi connectivity index (χ1n) is 5.83. The van der Waals surface area contributed by atoms with E-state index in [0.29, 0.717) is 6.10 Å². The molecule has 0 spiro atoms. The van der Waals surface area contributed by atoms with Gasteiger partial charge in [0.05, 0.1) is 12.7 Å². The molecule has 82 valence electrons. The SMILES string of the molecule is CCC1CN(C)CCCN1C[C@@H]1CO1. The average molecular weight is 198 g/mol. The van der Waals surface area contributed by atoms with Gasteiger partial charge in [-0.05, 0) is 33.0 Å². The molecular weight excluding hydrogens is 176 g/mol. The third-order valence-corrected chi connectivity index (χ3v) is 3.34. The fourth-order valence-electron chi connectivity index (χ4n) is 2.36. The molecule has 0 saturated carbocycles. The zero-order valence-corrected chi connectivity index (χ0v) is 9.41. The van der Waals surface area contributed by atoms with Gasteiger partial charge in [-0.2, -0.15) is 0 Å². The lowest BCUT2D eigenvalue weighted by molar-refractivity contribution is 0.169. The molecular formula is C11H22N2O. The highest BCUT2D eigenvalue weighted by Gasteiger charge is 2.29. The van der Waals surface area contributed by atoms with Crippen LogP contribution in [-0.2, 0) is 4.74 Å². The summed E-state index contributed by atoms with van der Waals surface area (Å²) >= 11 is 0. The molecule has 0 N–H and O–H groups in total. The number of ether oxygens (including phenoxy) is 1. The Morgan fingerprint density at radius 3 is 2.79 bits per heavy atom. The molecule has 0 bridgehead atoms. The highest BCUT2D eigenvalue weighted by Crippen LogP contribution is 2.17. The largest absolute Gasteiger partial charge is 0.372 e. The highest BCUT2D eigenvalue weighted by atomic mass is 16.6. The van der Waals surface area contributed by atoms with Crippen molar-refractivity contribution in [1.29, 1.82) is 0 Å². The summed E-state index contributed by atoms with van der Waals surface area (Å²) in [6.45, 7) is 8.17. The van der Waals surface area contributed by atoms with Gasteiger partial charge in [0.15, 0.2) is 0 Å². The minimum absolute atomic E-state index is 0.549. The number of epoxide rings is 1. The van der Waals surface area contributed by atoms with Gasteiger partial charge in [0, 0.05) is 19.1 Å². The van der Waals surface area contributed by atoms with E-state index in [-0.39, 0.29) is 0 Å². The lowest BCUT2D eigenvalue weighted by atomic mass is 10.2. The maximum Gasteiger partial charge on any atom is 0.0936 e. The highest BCUT2D eigenvalue weighted by molar-refractivity contribution is 4.82. The normalized spacial score (nSPS) is 35.6. The number of hydrogen-bond donors (Lipinski definition) is 0. The monoisotopic (exact) mass is 198 g/mol. The molecule has 0 amide bonds. The van der Waals surface area contributed by atoms with Gasteiger partial charge < -0.3 is 9.64 Å². The summed E-state index contributed by atoms with van der Waals surface area (Å²) in [5, 5.41) is 0. The van der Waals surface area contributed by atoms with E-state index in [0.717, 1.165) is 19.2 Å². The molecule has 3 heteroatoms. The maximum atomic E-state index is 5.32. The van der Waals surface area contributed by atoms with E-state index in [1.54, 1.807) is 0 Å². The Bertz CT molecular complexity index is 182.